The summed E-state index contributed by atoms with van der Waals surface area (Å²) in [7, 11) is 3.58. The first-order valence-corrected chi connectivity index (χ1v) is 9.56. The summed E-state index contributed by atoms with van der Waals surface area (Å²) in [5.41, 5.74) is -0.128. The summed E-state index contributed by atoms with van der Waals surface area (Å²) in [6, 6.07) is 0.0782. The summed E-state index contributed by atoms with van der Waals surface area (Å²) >= 11 is 0. The highest BCUT2D eigenvalue weighted by Crippen LogP contribution is 2.47. The number of amides is 3. The molecule has 1 aliphatic carbocycles. The molecule has 0 spiro atoms. The number of hydrogen-bond donors (Lipinski definition) is 0. The van der Waals surface area contributed by atoms with Crippen LogP contribution in [0.5, 0.6) is 0 Å². The third-order valence-corrected chi connectivity index (χ3v) is 6.10. The molecule has 1 aromatic rings. The Labute approximate surface area is 154 Å². The van der Waals surface area contributed by atoms with Crippen molar-refractivity contribution < 1.29 is 9.59 Å². The fourth-order valence-electron chi connectivity index (χ4n) is 4.05. The van der Waals surface area contributed by atoms with Gasteiger partial charge in [-0.3, -0.25) is 4.79 Å². The van der Waals surface area contributed by atoms with Gasteiger partial charge in [0.05, 0.1) is 6.54 Å². The molecule has 1 saturated carbocycles. The van der Waals surface area contributed by atoms with Crippen molar-refractivity contribution in [3.8, 4) is 0 Å². The number of rotatable bonds is 2. The standard InChI is InChI=1S/C18H28N6O2/c1-18(6-7-18)16(25)23-10-11-24-14(12-23)19-20-15(24)13-4-8-22(9-5-13)17(26)21(2)3/h13H,4-12H2,1-3H3. The van der Waals surface area contributed by atoms with Crippen molar-refractivity contribution in [3.63, 3.8) is 0 Å². The van der Waals surface area contributed by atoms with Crippen LogP contribution in [0.1, 0.15) is 50.2 Å². The molecule has 3 aliphatic rings. The SMILES string of the molecule is CN(C)C(=O)N1CCC(c2nnc3n2CCN(C(=O)C2(C)CC2)C3)CC1. The van der Waals surface area contributed by atoms with Crippen molar-refractivity contribution in [2.24, 2.45) is 5.41 Å². The fourth-order valence-corrected chi connectivity index (χ4v) is 4.05. The molecule has 1 aromatic heterocycles. The first kappa shape index (κ1) is 17.3. The molecular formula is C18H28N6O2. The molecule has 0 N–H and O–H groups in total. The van der Waals surface area contributed by atoms with Gasteiger partial charge in [0.2, 0.25) is 5.91 Å². The van der Waals surface area contributed by atoms with E-state index in [0.717, 1.165) is 63.5 Å². The summed E-state index contributed by atoms with van der Waals surface area (Å²) in [6.07, 6.45) is 3.84. The van der Waals surface area contributed by atoms with Gasteiger partial charge in [-0.1, -0.05) is 6.92 Å². The van der Waals surface area contributed by atoms with Crippen LogP contribution in [0.3, 0.4) is 0 Å². The van der Waals surface area contributed by atoms with Gasteiger partial charge in [0.1, 0.15) is 5.82 Å². The van der Waals surface area contributed by atoms with Crippen molar-refractivity contribution in [1.82, 2.24) is 29.5 Å². The van der Waals surface area contributed by atoms with Crippen LogP contribution in [0.25, 0.3) is 0 Å². The van der Waals surface area contributed by atoms with E-state index in [-0.39, 0.29) is 17.4 Å². The summed E-state index contributed by atoms with van der Waals surface area (Å²) in [6.45, 7) is 5.66. The Morgan fingerprint density at radius 2 is 1.73 bits per heavy atom. The van der Waals surface area contributed by atoms with Crippen LogP contribution in [0.2, 0.25) is 0 Å². The predicted molar refractivity (Wildman–Crippen MR) is 95.4 cm³/mol. The highest BCUT2D eigenvalue weighted by molar-refractivity contribution is 5.84. The van der Waals surface area contributed by atoms with Gasteiger partial charge in [-0.05, 0) is 25.7 Å². The van der Waals surface area contributed by atoms with Crippen molar-refractivity contribution in [1.29, 1.82) is 0 Å². The summed E-state index contributed by atoms with van der Waals surface area (Å²) in [5, 5.41) is 8.84. The van der Waals surface area contributed by atoms with E-state index >= 15 is 0 Å². The maximum Gasteiger partial charge on any atom is 0.319 e. The lowest BCUT2D eigenvalue weighted by Crippen LogP contribution is -2.44. The number of fused-ring (bicyclic) bond motifs is 1. The van der Waals surface area contributed by atoms with Crippen LogP contribution in [-0.2, 0) is 17.9 Å². The molecule has 1 saturated heterocycles. The van der Waals surface area contributed by atoms with Crippen LogP contribution in [0.15, 0.2) is 0 Å². The number of hydrogen-bond acceptors (Lipinski definition) is 4. The smallest absolute Gasteiger partial charge is 0.319 e. The van der Waals surface area contributed by atoms with E-state index in [0.29, 0.717) is 12.5 Å². The maximum atomic E-state index is 12.6. The zero-order chi connectivity index (χ0) is 18.5. The number of urea groups is 1. The molecule has 0 bridgehead atoms. The van der Waals surface area contributed by atoms with E-state index in [2.05, 4.69) is 21.7 Å². The molecule has 0 radical (unpaired) electrons. The largest absolute Gasteiger partial charge is 0.333 e. The number of piperidine rings is 1. The van der Waals surface area contributed by atoms with Crippen molar-refractivity contribution in [2.45, 2.75) is 51.6 Å². The van der Waals surface area contributed by atoms with E-state index in [1.807, 2.05) is 9.80 Å². The Morgan fingerprint density at radius 1 is 1.04 bits per heavy atom. The molecular weight excluding hydrogens is 332 g/mol. The summed E-state index contributed by atoms with van der Waals surface area (Å²) in [5.74, 6) is 2.53. The lowest BCUT2D eigenvalue weighted by atomic mass is 9.96. The van der Waals surface area contributed by atoms with E-state index in [1.165, 1.54) is 0 Å². The molecule has 0 unspecified atom stereocenters. The summed E-state index contributed by atoms with van der Waals surface area (Å²) in [4.78, 5) is 30.2. The number of carbonyl (C=O) groups is 2. The fraction of sp³-hybridized carbons (Fsp3) is 0.778. The summed E-state index contributed by atoms with van der Waals surface area (Å²) < 4.78 is 2.20. The van der Waals surface area contributed by atoms with Crippen molar-refractivity contribution >= 4 is 11.9 Å². The Hall–Kier alpha value is -2.12. The lowest BCUT2D eigenvalue weighted by Gasteiger charge is -2.34. The van der Waals surface area contributed by atoms with Crippen LogP contribution < -0.4 is 0 Å². The minimum Gasteiger partial charge on any atom is -0.333 e. The van der Waals surface area contributed by atoms with Crippen LogP contribution >= 0.6 is 0 Å². The molecule has 3 heterocycles. The number of carbonyl (C=O) groups excluding carboxylic acids is 2. The maximum absolute atomic E-state index is 12.6. The highest BCUT2D eigenvalue weighted by atomic mass is 16.2. The molecule has 8 heteroatoms. The Bertz CT molecular complexity index is 715. The van der Waals surface area contributed by atoms with E-state index in [9.17, 15) is 9.59 Å². The van der Waals surface area contributed by atoms with Gasteiger partial charge in [-0.2, -0.15) is 0 Å². The normalized spacial score (nSPS) is 22.1. The molecule has 3 amide bonds. The molecule has 0 atom stereocenters. The topological polar surface area (TPSA) is 74.6 Å². The first-order valence-electron chi connectivity index (χ1n) is 9.56. The van der Waals surface area contributed by atoms with Crippen molar-refractivity contribution in [3.05, 3.63) is 11.6 Å². The second kappa shape index (κ2) is 6.25. The van der Waals surface area contributed by atoms with E-state index in [4.69, 9.17) is 0 Å². The van der Waals surface area contributed by atoms with Crippen molar-refractivity contribution in [2.75, 3.05) is 33.7 Å². The van der Waals surface area contributed by atoms with Crippen LogP contribution in [0, 0.1) is 5.41 Å². The van der Waals surface area contributed by atoms with Gasteiger partial charge in [0.15, 0.2) is 5.82 Å². The van der Waals surface area contributed by atoms with Gasteiger partial charge in [-0.25, -0.2) is 4.79 Å². The number of nitrogens with zero attached hydrogens (tertiary/aromatic N) is 6. The highest BCUT2D eigenvalue weighted by Gasteiger charge is 2.47. The van der Waals surface area contributed by atoms with Crippen LogP contribution in [0.4, 0.5) is 4.79 Å². The van der Waals surface area contributed by atoms with E-state index < -0.39 is 0 Å². The second-order valence-corrected chi connectivity index (χ2v) is 8.35. The average Bonchev–Trinajstić information content (AvgIpc) is 3.26. The minimum atomic E-state index is -0.128. The number of aromatic nitrogens is 3. The van der Waals surface area contributed by atoms with Gasteiger partial charge >= 0.3 is 6.03 Å². The molecule has 26 heavy (non-hydrogen) atoms. The third kappa shape index (κ3) is 2.95. The second-order valence-electron chi connectivity index (χ2n) is 8.35. The average molecular weight is 360 g/mol. The predicted octanol–water partition coefficient (Wildman–Crippen LogP) is 1.28. The molecule has 0 aromatic carbocycles. The molecule has 4 rings (SSSR count). The Balaban J connectivity index is 1.41. The minimum absolute atomic E-state index is 0.0782. The molecule has 142 valence electrons. The zero-order valence-corrected chi connectivity index (χ0v) is 15.9. The zero-order valence-electron chi connectivity index (χ0n) is 15.9. The third-order valence-electron chi connectivity index (χ3n) is 6.10. The monoisotopic (exact) mass is 360 g/mol. The Kier molecular flexibility index (Phi) is 4.16. The molecule has 8 nitrogen and oxygen atoms in total. The molecule has 2 fully saturated rings. The van der Waals surface area contributed by atoms with Crippen LogP contribution in [-0.4, -0.2) is 75.1 Å². The Morgan fingerprint density at radius 3 is 2.35 bits per heavy atom. The quantitative estimate of drug-likeness (QED) is 0.796. The van der Waals surface area contributed by atoms with E-state index in [1.54, 1.807) is 19.0 Å². The van der Waals surface area contributed by atoms with Gasteiger partial charge < -0.3 is 19.3 Å². The van der Waals surface area contributed by atoms with Gasteiger partial charge in [0, 0.05) is 51.6 Å². The first-order chi connectivity index (χ1) is 12.4. The number of likely N-dealkylation sites (tertiary alicyclic amines) is 1. The van der Waals surface area contributed by atoms with Gasteiger partial charge in [0.25, 0.3) is 0 Å². The molecule has 2 aliphatic heterocycles. The lowest BCUT2D eigenvalue weighted by molar-refractivity contribution is -0.138. The van der Waals surface area contributed by atoms with Gasteiger partial charge in [-0.15, -0.1) is 10.2 Å².